The average molecular weight is 356 g/mol. The highest BCUT2D eigenvalue weighted by molar-refractivity contribution is 5.95. The maximum atomic E-state index is 12.4. The second-order valence-corrected chi connectivity index (χ2v) is 6.48. The van der Waals surface area contributed by atoms with Gasteiger partial charge in [-0.1, -0.05) is 6.07 Å². The molecule has 26 heavy (non-hydrogen) atoms. The molecule has 0 fully saturated rings. The van der Waals surface area contributed by atoms with Crippen molar-refractivity contribution in [1.29, 1.82) is 0 Å². The summed E-state index contributed by atoms with van der Waals surface area (Å²) in [6, 6.07) is 6.82. The molecule has 2 rings (SSSR count). The fourth-order valence-electron chi connectivity index (χ4n) is 2.58. The van der Waals surface area contributed by atoms with E-state index < -0.39 is 17.9 Å². The fourth-order valence-corrected chi connectivity index (χ4v) is 2.58. The van der Waals surface area contributed by atoms with E-state index in [2.05, 4.69) is 10.3 Å². The summed E-state index contributed by atoms with van der Waals surface area (Å²) in [6.45, 7) is 7.41. The van der Waals surface area contributed by atoms with E-state index in [-0.39, 0.29) is 5.91 Å². The van der Waals surface area contributed by atoms with Gasteiger partial charge in [0.15, 0.2) is 0 Å². The zero-order chi connectivity index (χ0) is 19.3. The van der Waals surface area contributed by atoms with Crippen molar-refractivity contribution in [1.82, 2.24) is 10.3 Å². The van der Waals surface area contributed by atoms with E-state index in [4.69, 9.17) is 9.84 Å². The van der Waals surface area contributed by atoms with Crippen LogP contribution in [0.2, 0.25) is 0 Å². The number of amides is 1. The number of nitrogens with zero attached hydrogens (tertiary/aromatic N) is 1. The van der Waals surface area contributed by atoms with E-state index in [0.717, 1.165) is 22.4 Å². The van der Waals surface area contributed by atoms with Crippen molar-refractivity contribution < 1.29 is 19.4 Å². The summed E-state index contributed by atoms with van der Waals surface area (Å²) in [6.07, 6.45) is 3.46. The van der Waals surface area contributed by atoms with Gasteiger partial charge < -0.3 is 15.2 Å². The highest BCUT2D eigenvalue weighted by atomic mass is 16.5. The van der Waals surface area contributed by atoms with Crippen molar-refractivity contribution in [3.8, 4) is 5.75 Å². The Bertz CT molecular complexity index is 767. The molecule has 0 saturated carbocycles. The number of hydrogen-bond acceptors (Lipinski definition) is 4. The molecule has 1 heterocycles. The fraction of sp³-hybridized carbons (Fsp3) is 0.350. The third-order valence-corrected chi connectivity index (χ3v) is 4.33. The minimum absolute atomic E-state index is 0.296. The molecule has 138 valence electrons. The van der Waals surface area contributed by atoms with Gasteiger partial charge in [-0.3, -0.25) is 14.6 Å². The van der Waals surface area contributed by atoms with E-state index in [1.165, 1.54) is 0 Å². The summed E-state index contributed by atoms with van der Waals surface area (Å²) in [5, 5.41) is 11.8. The normalized spacial score (nSPS) is 12.9. The molecule has 0 aliphatic rings. The molecule has 2 atom stereocenters. The molecule has 1 aromatic carbocycles. The molecule has 0 aliphatic carbocycles. The standard InChI is InChI=1S/C20H24N2O4/c1-12-8-17(19(23)22-15(4)14(3)20(24)25)9-13(2)18(12)26-11-16-6-5-7-21-10-16/h5-10,14-15H,11H2,1-4H3,(H,22,23)(H,24,25). The highest BCUT2D eigenvalue weighted by Gasteiger charge is 2.22. The minimum Gasteiger partial charge on any atom is -0.488 e. The molecule has 0 bridgehead atoms. The summed E-state index contributed by atoms with van der Waals surface area (Å²) in [5.41, 5.74) is 3.14. The van der Waals surface area contributed by atoms with Crippen LogP contribution in [0.1, 0.15) is 40.9 Å². The third-order valence-electron chi connectivity index (χ3n) is 4.33. The van der Waals surface area contributed by atoms with Crippen LogP contribution < -0.4 is 10.1 Å². The number of benzene rings is 1. The Morgan fingerprint density at radius 2 is 1.88 bits per heavy atom. The molecule has 0 aliphatic heterocycles. The molecule has 1 amide bonds. The number of carbonyl (C=O) groups excluding carboxylic acids is 1. The first-order valence-corrected chi connectivity index (χ1v) is 8.46. The second kappa shape index (κ2) is 8.47. The SMILES string of the molecule is Cc1cc(C(=O)NC(C)C(C)C(=O)O)cc(C)c1OCc1cccnc1. The summed E-state index contributed by atoms with van der Waals surface area (Å²) in [5.74, 6) is -1.17. The predicted molar refractivity (Wildman–Crippen MR) is 98.2 cm³/mol. The number of ether oxygens (including phenoxy) is 1. The smallest absolute Gasteiger partial charge is 0.308 e. The molecule has 2 N–H and O–H groups in total. The van der Waals surface area contributed by atoms with Crippen LogP contribution in [-0.2, 0) is 11.4 Å². The average Bonchev–Trinajstić information content (AvgIpc) is 2.60. The second-order valence-electron chi connectivity index (χ2n) is 6.48. The number of carboxylic acids is 1. The van der Waals surface area contributed by atoms with Gasteiger partial charge in [-0.05, 0) is 57.0 Å². The summed E-state index contributed by atoms with van der Waals surface area (Å²) >= 11 is 0. The van der Waals surface area contributed by atoms with Crippen molar-refractivity contribution in [2.24, 2.45) is 5.92 Å². The van der Waals surface area contributed by atoms with Gasteiger partial charge in [0.2, 0.25) is 0 Å². The monoisotopic (exact) mass is 356 g/mol. The highest BCUT2D eigenvalue weighted by Crippen LogP contribution is 2.26. The van der Waals surface area contributed by atoms with E-state index in [1.807, 2.05) is 26.0 Å². The van der Waals surface area contributed by atoms with Crippen LogP contribution in [0.4, 0.5) is 0 Å². The first kappa shape index (κ1) is 19.4. The zero-order valence-electron chi connectivity index (χ0n) is 15.4. The van der Waals surface area contributed by atoms with Crippen LogP contribution in [0.25, 0.3) is 0 Å². The third kappa shape index (κ3) is 4.81. The molecule has 0 radical (unpaired) electrons. The predicted octanol–water partition coefficient (Wildman–Crippen LogP) is 3.12. The lowest BCUT2D eigenvalue weighted by molar-refractivity contribution is -0.141. The van der Waals surface area contributed by atoms with E-state index >= 15 is 0 Å². The lowest BCUT2D eigenvalue weighted by Gasteiger charge is -2.19. The topological polar surface area (TPSA) is 88.5 Å². The molecule has 2 aromatic rings. The molecule has 6 nitrogen and oxygen atoms in total. The Morgan fingerprint density at radius 3 is 2.42 bits per heavy atom. The molecular formula is C20H24N2O4. The van der Waals surface area contributed by atoms with Gasteiger partial charge in [-0.2, -0.15) is 0 Å². The van der Waals surface area contributed by atoms with Crippen LogP contribution >= 0.6 is 0 Å². The number of aryl methyl sites for hydroxylation is 2. The van der Waals surface area contributed by atoms with Crippen LogP contribution in [0.15, 0.2) is 36.7 Å². The number of aliphatic carboxylic acids is 1. The molecule has 1 aromatic heterocycles. The molecule has 2 unspecified atom stereocenters. The van der Waals surface area contributed by atoms with E-state index in [1.54, 1.807) is 38.4 Å². The first-order valence-electron chi connectivity index (χ1n) is 8.46. The molecule has 6 heteroatoms. The van der Waals surface area contributed by atoms with Crippen LogP contribution in [0, 0.1) is 19.8 Å². The number of rotatable bonds is 7. The van der Waals surface area contributed by atoms with Crippen molar-refractivity contribution in [3.63, 3.8) is 0 Å². The van der Waals surface area contributed by atoms with Crippen molar-refractivity contribution >= 4 is 11.9 Å². The summed E-state index contributed by atoms with van der Waals surface area (Å²) < 4.78 is 5.89. The summed E-state index contributed by atoms with van der Waals surface area (Å²) in [4.78, 5) is 27.5. The van der Waals surface area contributed by atoms with E-state index in [9.17, 15) is 9.59 Å². The van der Waals surface area contributed by atoms with Gasteiger partial charge in [0.1, 0.15) is 12.4 Å². The number of nitrogens with one attached hydrogen (secondary N) is 1. The number of carboxylic acid groups (broad SMARTS) is 1. The zero-order valence-corrected chi connectivity index (χ0v) is 15.4. The Morgan fingerprint density at radius 1 is 1.23 bits per heavy atom. The van der Waals surface area contributed by atoms with Crippen LogP contribution in [0.3, 0.4) is 0 Å². The maximum absolute atomic E-state index is 12.4. The van der Waals surface area contributed by atoms with E-state index in [0.29, 0.717) is 12.2 Å². The number of carbonyl (C=O) groups is 2. The van der Waals surface area contributed by atoms with Crippen LogP contribution in [-0.4, -0.2) is 28.0 Å². The Labute approximate surface area is 153 Å². The Hall–Kier alpha value is -2.89. The summed E-state index contributed by atoms with van der Waals surface area (Å²) in [7, 11) is 0. The number of hydrogen-bond donors (Lipinski definition) is 2. The van der Waals surface area contributed by atoms with Gasteiger partial charge in [0.05, 0.1) is 5.92 Å². The Kier molecular flexibility index (Phi) is 6.33. The number of aromatic nitrogens is 1. The molecule has 0 saturated heterocycles. The minimum atomic E-state index is -0.940. The molecular weight excluding hydrogens is 332 g/mol. The van der Waals surface area contributed by atoms with Gasteiger partial charge in [-0.25, -0.2) is 0 Å². The van der Waals surface area contributed by atoms with Crippen molar-refractivity contribution in [2.75, 3.05) is 0 Å². The maximum Gasteiger partial charge on any atom is 0.308 e. The lowest BCUT2D eigenvalue weighted by Crippen LogP contribution is -2.40. The van der Waals surface area contributed by atoms with Gasteiger partial charge in [0, 0.05) is 29.6 Å². The number of pyridine rings is 1. The van der Waals surface area contributed by atoms with Crippen molar-refractivity contribution in [2.45, 2.75) is 40.3 Å². The van der Waals surface area contributed by atoms with Gasteiger partial charge in [-0.15, -0.1) is 0 Å². The van der Waals surface area contributed by atoms with Crippen LogP contribution in [0.5, 0.6) is 5.75 Å². The first-order chi connectivity index (χ1) is 12.3. The molecule has 0 spiro atoms. The Balaban J connectivity index is 2.10. The van der Waals surface area contributed by atoms with Crippen molar-refractivity contribution in [3.05, 3.63) is 58.9 Å². The lowest BCUT2D eigenvalue weighted by atomic mass is 10.0. The largest absolute Gasteiger partial charge is 0.488 e. The quantitative estimate of drug-likeness (QED) is 0.796. The van der Waals surface area contributed by atoms with Gasteiger partial charge >= 0.3 is 5.97 Å². The van der Waals surface area contributed by atoms with Gasteiger partial charge in [0.25, 0.3) is 5.91 Å².